The third-order valence-corrected chi connectivity index (χ3v) is 3.34. The van der Waals surface area contributed by atoms with Crippen molar-refractivity contribution in [1.82, 2.24) is 10.2 Å². The maximum Gasteiger partial charge on any atom is 0.253 e. The SMILES string of the molecule is CN(C(=O)c1ccc(F)c(F)c1)C1CCNCC1.Cl. The molecular weight excluding hydrogens is 274 g/mol. The first-order valence-corrected chi connectivity index (χ1v) is 6.02. The van der Waals surface area contributed by atoms with Crippen LogP contribution in [0.5, 0.6) is 0 Å². The molecule has 1 N–H and O–H groups in total. The molecular formula is C13H17ClF2N2O. The lowest BCUT2D eigenvalue weighted by Gasteiger charge is -2.31. The van der Waals surface area contributed by atoms with Crippen LogP contribution in [0.3, 0.4) is 0 Å². The van der Waals surface area contributed by atoms with E-state index in [4.69, 9.17) is 0 Å². The van der Waals surface area contributed by atoms with Crippen molar-refractivity contribution in [3.63, 3.8) is 0 Å². The quantitative estimate of drug-likeness (QED) is 0.906. The number of benzene rings is 1. The molecule has 0 aromatic heterocycles. The summed E-state index contributed by atoms with van der Waals surface area (Å²) >= 11 is 0. The van der Waals surface area contributed by atoms with Crippen LogP contribution >= 0.6 is 12.4 Å². The van der Waals surface area contributed by atoms with Gasteiger partial charge in [-0.3, -0.25) is 4.79 Å². The second-order valence-corrected chi connectivity index (χ2v) is 4.53. The van der Waals surface area contributed by atoms with Crippen molar-refractivity contribution in [3.05, 3.63) is 35.4 Å². The molecule has 0 bridgehead atoms. The van der Waals surface area contributed by atoms with E-state index in [9.17, 15) is 13.6 Å². The molecule has 1 aromatic carbocycles. The van der Waals surface area contributed by atoms with Crippen molar-refractivity contribution >= 4 is 18.3 Å². The Balaban J connectivity index is 0.00000180. The molecule has 1 fully saturated rings. The number of hydrogen-bond acceptors (Lipinski definition) is 2. The lowest BCUT2D eigenvalue weighted by Crippen LogP contribution is -2.44. The zero-order valence-electron chi connectivity index (χ0n) is 10.7. The first-order valence-electron chi connectivity index (χ1n) is 6.02. The van der Waals surface area contributed by atoms with Gasteiger partial charge in [0.25, 0.3) is 5.91 Å². The number of nitrogens with zero attached hydrogens (tertiary/aromatic N) is 1. The van der Waals surface area contributed by atoms with Gasteiger partial charge in [-0.25, -0.2) is 8.78 Å². The van der Waals surface area contributed by atoms with Crippen LogP contribution in [0.15, 0.2) is 18.2 Å². The van der Waals surface area contributed by atoms with E-state index in [1.54, 1.807) is 11.9 Å². The van der Waals surface area contributed by atoms with Crippen molar-refractivity contribution in [2.45, 2.75) is 18.9 Å². The van der Waals surface area contributed by atoms with Crippen LogP contribution in [0.25, 0.3) is 0 Å². The fourth-order valence-electron chi connectivity index (χ4n) is 2.19. The molecule has 0 spiro atoms. The van der Waals surface area contributed by atoms with Gasteiger partial charge in [0.05, 0.1) is 0 Å². The molecule has 1 heterocycles. The van der Waals surface area contributed by atoms with Gasteiger partial charge in [0.15, 0.2) is 11.6 Å². The molecule has 0 aliphatic carbocycles. The first-order chi connectivity index (χ1) is 8.59. The molecule has 1 aliphatic rings. The molecule has 3 nitrogen and oxygen atoms in total. The summed E-state index contributed by atoms with van der Waals surface area (Å²) in [6.45, 7) is 1.75. The zero-order valence-corrected chi connectivity index (χ0v) is 11.5. The molecule has 0 saturated carbocycles. The van der Waals surface area contributed by atoms with Gasteiger partial charge in [0, 0.05) is 18.7 Å². The molecule has 0 atom stereocenters. The molecule has 0 radical (unpaired) electrons. The van der Waals surface area contributed by atoms with E-state index in [2.05, 4.69) is 5.32 Å². The zero-order chi connectivity index (χ0) is 13.1. The number of rotatable bonds is 2. The van der Waals surface area contributed by atoms with Crippen molar-refractivity contribution in [2.75, 3.05) is 20.1 Å². The average molecular weight is 291 g/mol. The Bertz CT molecular complexity index is 450. The van der Waals surface area contributed by atoms with E-state index in [0.29, 0.717) is 0 Å². The third-order valence-electron chi connectivity index (χ3n) is 3.34. The molecule has 0 unspecified atom stereocenters. The number of carbonyl (C=O) groups is 1. The molecule has 6 heteroatoms. The smallest absolute Gasteiger partial charge is 0.253 e. The van der Waals surface area contributed by atoms with E-state index in [1.807, 2.05) is 0 Å². The summed E-state index contributed by atoms with van der Waals surface area (Å²) in [5.41, 5.74) is 0.190. The highest BCUT2D eigenvalue weighted by atomic mass is 35.5. The Morgan fingerprint density at radius 2 is 1.89 bits per heavy atom. The minimum atomic E-state index is -0.987. The van der Waals surface area contributed by atoms with Crippen LogP contribution in [0, 0.1) is 11.6 Å². The summed E-state index contributed by atoms with van der Waals surface area (Å²) in [7, 11) is 1.71. The van der Waals surface area contributed by atoms with E-state index in [1.165, 1.54) is 6.07 Å². The van der Waals surface area contributed by atoms with Crippen LogP contribution in [-0.2, 0) is 0 Å². The molecule has 19 heavy (non-hydrogen) atoms. The van der Waals surface area contributed by atoms with Crippen LogP contribution < -0.4 is 5.32 Å². The minimum Gasteiger partial charge on any atom is -0.339 e. The Morgan fingerprint density at radius 3 is 2.47 bits per heavy atom. The summed E-state index contributed by atoms with van der Waals surface area (Å²) in [6, 6.07) is 3.42. The summed E-state index contributed by atoms with van der Waals surface area (Å²) in [5.74, 6) is -2.18. The second-order valence-electron chi connectivity index (χ2n) is 4.53. The number of amides is 1. The Hall–Kier alpha value is -1.20. The first kappa shape index (κ1) is 15.9. The second kappa shape index (κ2) is 6.82. The molecule has 106 valence electrons. The number of halogens is 3. The summed E-state index contributed by atoms with van der Waals surface area (Å²) in [4.78, 5) is 13.7. The Labute approximate surface area is 117 Å². The lowest BCUT2D eigenvalue weighted by atomic mass is 10.0. The predicted octanol–water partition coefficient (Wildman–Crippen LogP) is 2.21. The van der Waals surface area contributed by atoms with Crippen LogP contribution in [0.4, 0.5) is 8.78 Å². The molecule has 1 aromatic rings. The highest BCUT2D eigenvalue weighted by molar-refractivity contribution is 5.94. The lowest BCUT2D eigenvalue weighted by molar-refractivity contribution is 0.0702. The van der Waals surface area contributed by atoms with E-state index in [0.717, 1.165) is 38.1 Å². The number of carbonyl (C=O) groups excluding carboxylic acids is 1. The minimum absolute atomic E-state index is 0. The van der Waals surface area contributed by atoms with Gasteiger partial charge in [0.2, 0.25) is 0 Å². The van der Waals surface area contributed by atoms with Gasteiger partial charge in [-0.05, 0) is 44.1 Å². The number of nitrogens with one attached hydrogen (secondary N) is 1. The molecule has 1 saturated heterocycles. The molecule has 1 amide bonds. The van der Waals surface area contributed by atoms with Crippen molar-refractivity contribution < 1.29 is 13.6 Å². The highest BCUT2D eigenvalue weighted by Crippen LogP contribution is 2.15. The summed E-state index contributed by atoms with van der Waals surface area (Å²) in [6.07, 6.45) is 1.76. The fraction of sp³-hybridized carbons (Fsp3) is 0.462. The van der Waals surface area contributed by atoms with Gasteiger partial charge in [-0.1, -0.05) is 0 Å². The predicted molar refractivity (Wildman–Crippen MR) is 71.6 cm³/mol. The standard InChI is InChI=1S/C13H16F2N2O.ClH/c1-17(10-4-6-16-7-5-10)13(18)9-2-3-11(14)12(15)8-9;/h2-3,8,10,16H,4-7H2,1H3;1H. The Kier molecular flexibility index (Phi) is 5.69. The highest BCUT2D eigenvalue weighted by Gasteiger charge is 2.23. The topological polar surface area (TPSA) is 32.3 Å². The summed E-state index contributed by atoms with van der Waals surface area (Å²) in [5, 5.41) is 3.22. The monoisotopic (exact) mass is 290 g/mol. The van der Waals surface area contributed by atoms with Crippen LogP contribution in [-0.4, -0.2) is 37.0 Å². The third kappa shape index (κ3) is 3.64. The maximum absolute atomic E-state index is 13.1. The largest absolute Gasteiger partial charge is 0.339 e. The number of hydrogen-bond donors (Lipinski definition) is 1. The maximum atomic E-state index is 13.1. The van der Waals surface area contributed by atoms with Gasteiger partial charge >= 0.3 is 0 Å². The van der Waals surface area contributed by atoms with E-state index < -0.39 is 11.6 Å². The average Bonchev–Trinajstić information content (AvgIpc) is 2.41. The van der Waals surface area contributed by atoms with Crippen LogP contribution in [0.1, 0.15) is 23.2 Å². The molecule has 1 aliphatic heterocycles. The van der Waals surface area contributed by atoms with Crippen molar-refractivity contribution in [1.29, 1.82) is 0 Å². The summed E-state index contributed by atoms with van der Waals surface area (Å²) < 4.78 is 25.9. The van der Waals surface area contributed by atoms with Crippen molar-refractivity contribution in [2.24, 2.45) is 0 Å². The van der Waals surface area contributed by atoms with E-state index in [-0.39, 0.29) is 29.9 Å². The Morgan fingerprint density at radius 1 is 1.26 bits per heavy atom. The number of piperidine rings is 1. The van der Waals surface area contributed by atoms with Gasteiger partial charge in [-0.2, -0.15) is 0 Å². The van der Waals surface area contributed by atoms with Crippen molar-refractivity contribution in [3.8, 4) is 0 Å². The van der Waals surface area contributed by atoms with E-state index >= 15 is 0 Å². The fourth-order valence-corrected chi connectivity index (χ4v) is 2.19. The van der Waals surface area contributed by atoms with Gasteiger partial charge < -0.3 is 10.2 Å². The van der Waals surface area contributed by atoms with Gasteiger partial charge in [-0.15, -0.1) is 12.4 Å². The van der Waals surface area contributed by atoms with Gasteiger partial charge in [0.1, 0.15) is 0 Å². The normalized spacial score (nSPS) is 15.7. The molecule has 2 rings (SSSR count). The van der Waals surface area contributed by atoms with Crippen LogP contribution in [0.2, 0.25) is 0 Å².